The third kappa shape index (κ3) is 3.07. The quantitative estimate of drug-likeness (QED) is 0.897. The van der Waals surface area contributed by atoms with Crippen LogP contribution in [0, 0.1) is 0 Å². The summed E-state index contributed by atoms with van der Waals surface area (Å²) in [6, 6.07) is 10.3. The largest absolute Gasteiger partial charge is 0.381 e. The fraction of sp³-hybridized carbons (Fsp3) is 0.600. The van der Waals surface area contributed by atoms with E-state index in [9.17, 15) is 9.59 Å². The highest BCUT2D eigenvalue weighted by Gasteiger charge is 2.45. The molecule has 0 bridgehead atoms. The van der Waals surface area contributed by atoms with Gasteiger partial charge in [0, 0.05) is 39.4 Å². The van der Waals surface area contributed by atoms with Gasteiger partial charge in [0.05, 0.1) is 11.5 Å². The standard InChI is InChI=1S/C20H27N3O3/c24-18(20(8-13-26-14-9-20)16-5-2-1-3-6-16)22-11-4-7-17(15-22)23-12-10-21-19(23)25/h1-3,5-6,17H,4,7-15H2,(H,21,25). The highest BCUT2D eigenvalue weighted by atomic mass is 16.5. The highest BCUT2D eigenvalue weighted by molar-refractivity contribution is 5.88. The van der Waals surface area contributed by atoms with Gasteiger partial charge in [0.1, 0.15) is 0 Å². The third-order valence-electron chi connectivity index (χ3n) is 6.10. The first-order chi connectivity index (χ1) is 12.7. The van der Waals surface area contributed by atoms with Crippen molar-refractivity contribution in [1.29, 1.82) is 0 Å². The number of hydrogen-bond donors (Lipinski definition) is 1. The van der Waals surface area contributed by atoms with Crippen LogP contribution in [0.4, 0.5) is 4.79 Å². The zero-order valence-electron chi connectivity index (χ0n) is 15.2. The number of piperidine rings is 1. The minimum atomic E-state index is -0.491. The number of hydrogen-bond acceptors (Lipinski definition) is 3. The average molecular weight is 357 g/mol. The molecule has 1 atom stereocenters. The molecule has 140 valence electrons. The van der Waals surface area contributed by atoms with E-state index in [4.69, 9.17) is 4.74 Å². The number of carbonyl (C=O) groups is 2. The van der Waals surface area contributed by atoms with E-state index in [2.05, 4.69) is 17.4 Å². The Kier molecular flexibility index (Phi) is 4.85. The molecule has 6 heteroatoms. The molecule has 6 nitrogen and oxygen atoms in total. The number of benzene rings is 1. The summed E-state index contributed by atoms with van der Waals surface area (Å²) in [5, 5.41) is 2.87. The van der Waals surface area contributed by atoms with Crippen molar-refractivity contribution < 1.29 is 14.3 Å². The van der Waals surface area contributed by atoms with Gasteiger partial charge in [0.15, 0.2) is 0 Å². The van der Waals surface area contributed by atoms with Crippen LogP contribution in [-0.2, 0) is 14.9 Å². The van der Waals surface area contributed by atoms with Crippen molar-refractivity contribution in [2.75, 3.05) is 39.4 Å². The molecule has 0 radical (unpaired) electrons. The van der Waals surface area contributed by atoms with Crippen LogP contribution in [-0.4, -0.2) is 67.2 Å². The van der Waals surface area contributed by atoms with E-state index in [1.54, 1.807) is 0 Å². The predicted molar refractivity (Wildman–Crippen MR) is 97.9 cm³/mol. The zero-order chi connectivity index (χ0) is 18.0. The van der Waals surface area contributed by atoms with Crippen LogP contribution in [0.15, 0.2) is 30.3 Å². The normalized spacial score (nSPS) is 25.8. The van der Waals surface area contributed by atoms with E-state index < -0.39 is 5.41 Å². The van der Waals surface area contributed by atoms with Crippen molar-refractivity contribution in [2.45, 2.75) is 37.1 Å². The van der Waals surface area contributed by atoms with E-state index in [-0.39, 0.29) is 18.0 Å². The monoisotopic (exact) mass is 357 g/mol. The molecule has 1 aromatic carbocycles. The number of urea groups is 1. The molecular formula is C20H27N3O3. The van der Waals surface area contributed by atoms with Gasteiger partial charge in [-0.3, -0.25) is 4.79 Å². The molecule has 3 amide bonds. The lowest BCUT2D eigenvalue weighted by molar-refractivity contribution is -0.143. The molecule has 3 heterocycles. The van der Waals surface area contributed by atoms with Gasteiger partial charge in [-0.2, -0.15) is 0 Å². The molecule has 1 N–H and O–H groups in total. The maximum Gasteiger partial charge on any atom is 0.317 e. The summed E-state index contributed by atoms with van der Waals surface area (Å²) in [6.45, 7) is 4.10. The van der Waals surface area contributed by atoms with Gasteiger partial charge in [0.2, 0.25) is 5.91 Å². The second-order valence-electron chi connectivity index (χ2n) is 7.53. The molecule has 1 unspecified atom stereocenters. The first-order valence-electron chi connectivity index (χ1n) is 9.68. The van der Waals surface area contributed by atoms with Gasteiger partial charge in [-0.1, -0.05) is 30.3 Å². The van der Waals surface area contributed by atoms with Crippen LogP contribution in [0.5, 0.6) is 0 Å². The molecule has 0 saturated carbocycles. The predicted octanol–water partition coefficient (Wildman–Crippen LogP) is 1.75. The second-order valence-corrected chi connectivity index (χ2v) is 7.53. The Morgan fingerprint density at radius 1 is 1.15 bits per heavy atom. The summed E-state index contributed by atoms with van der Waals surface area (Å²) in [5.41, 5.74) is 0.601. The van der Waals surface area contributed by atoms with Gasteiger partial charge < -0.3 is 19.9 Å². The van der Waals surface area contributed by atoms with E-state index in [0.29, 0.717) is 26.3 Å². The molecule has 26 heavy (non-hydrogen) atoms. The maximum absolute atomic E-state index is 13.7. The molecule has 0 aliphatic carbocycles. The second kappa shape index (κ2) is 7.27. The molecule has 3 aliphatic rings. The molecule has 3 saturated heterocycles. The van der Waals surface area contributed by atoms with Gasteiger partial charge >= 0.3 is 6.03 Å². The van der Waals surface area contributed by atoms with E-state index in [1.807, 2.05) is 28.0 Å². The topological polar surface area (TPSA) is 61.9 Å². The zero-order valence-corrected chi connectivity index (χ0v) is 15.2. The summed E-state index contributed by atoms with van der Waals surface area (Å²) in [7, 11) is 0. The Morgan fingerprint density at radius 3 is 2.62 bits per heavy atom. The molecule has 1 aromatic rings. The van der Waals surface area contributed by atoms with E-state index >= 15 is 0 Å². The molecule has 3 aliphatic heterocycles. The Bertz CT molecular complexity index is 658. The van der Waals surface area contributed by atoms with E-state index in [0.717, 1.165) is 44.3 Å². The summed E-state index contributed by atoms with van der Waals surface area (Å²) in [4.78, 5) is 29.6. The van der Waals surface area contributed by atoms with Crippen LogP contribution in [0.2, 0.25) is 0 Å². The first kappa shape index (κ1) is 17.3. The van der Waals surface area contributed by atoms with Crippen LogP contribution in [0.25, 0.3) is 0 Å². The number of amides is 3. The number of nitrogens with one attached hydrogen (secondary N) is 1. The Morgan fingerprint density at radius 2 is 1.92 bits per heavy atom. The lowest BCUT2D eigenvalue weighted by Gasteiger charge is -2.44. The van der Waals surface area contributed by atoms with Crippen LogP contribution >= 0.6 is 0 Å². The fourth-order valence-electron chi connectivity index (χ4n) is 4.63. The van der Waals surface area contributed by atoms with Crippen LogP contribution < -0.4 is 5.32 Å². The Hall–Kier alpha value is -2.08. The van der Waals surface area contributed by atoms with Crippen LogP contribution in [0.3, 0.4) is 0 Å². The fourth-order valence-corrected chi connectivity index (χ4v) is 4.63. The number of rotatable bonds is 3. The molecule has 0 spiro atoms. The number of carbonyl (C=O) groups excluding carboxylic acids is 2. The smallest absolute Gasteiger partial charge is 0.317 e. The van der Waals surface area contributed by atoms with Crippen molar-refractivity contribution in [2.24, 2.45) is 0 Å². The number of ether oxygens (including phenoxy) is 1. The average Bonchev–Trinajstić information content (AvgIpc) is 3.14. The summed E-state index contributed by atoms with van der Waals surface area (Å²) in [6.07, 6.45) is 3.36. The third-order valence-corrected chi connectivity index (χ3v) is 6.10. The molecule has 3 fully saturated rings. The minimum Gasteiger partial charge on any atom is -0.381 e. The Balaban J connectivity index is 1.56. The van der Waals surface area contributed by atoms with Crippen LogP contribution in [0.1, 0.15) is 31.2 Å². The Labute approximate surface area is 154 Å². The minimum absolute atomic E-state index is 0.00754. The lowest BCUT2D eigenvalue weighted by Crippen LogP contribution is -2.56. The van der Waals surface area contributed by atoms with Crippen molar-refractivity contribution in [3.63, 3.8) is 0 Å². The number of nitrogens with zero attached hydrogens (tertiary/aromatic N) is 2. The van der Waals surface area contributed by atoms with Crippen molar-refractivity contribution in [1.82, 2.24) is 15.1 Å². The summed E-state index contributed by atoms with van der Waals surface area (Å²) < 4.78 is 5.57. The van der Waals surface area contributed by atoms with Gasteiger partial charge in [-0.25, -0.2) is 4.79 Å². The van der Waals surface area contributed by atoms with Crippen molar-refractivity contribution >= 4 is 11.9 Å². The molecular weight excluding hydrogens is 330 g/mol. The van der Waals surface area contributed by atoms with Gasteiger partial charge in [0.25, 0.3) is 0 Å². The molecule has 0 aromatic heterocycles. The summed E-state index contributed by atoms with van der Waals surface area (Å²) in [5.74, 6) is 0.205. The van der Waals surface area contributed by atoms with Gasteiger partial charge in [-0.05, 0) is 31.2 Å². The van der Waals surface area contributed by atoms with Crippen molar-refractivity contribution in [3.05, 3.63) is 35.9 Å². The lowest BCUT2D eigenvalue weighted by atomic mass is 9.72. The highest BCUT2D eigenvalue weighted by Crippen LogP contribution is 2.37. The van der Waals surface area contributed by atoms with E-state index in [1.165, 1.54) is 0 Å². The maximum atomic E-state index is 13.7. The SMILES string of the molecule is O=C1NCCN1C1CCCN(C(=O)C2(c3ccccc3)CCOCC2)C1. The first-order valence-corrected chi connectivity index (χ1v) is 9.68. The summed E-state index contributed by atoms with van der Waals surface area (Å²) >= 11 is 0. The number of likely N-dealkylation sites (tertiary alicyclic amines) is 1. The van der Waals surface area contributed by atoms with Crippen molar-refractivity contribution in [3.8, 4) is 0 Å². The van der Waals surface area contributed by atoms with Gasteiger partial charge in [-0.15, -0.1) is 0 Å². The molecule has 4 rings (SSSR count).